The summed E-state index contributed by atoms with van der Waals surface area (Å²) in [7, 11) is 1.94. The Morgan fingerprint density at radius 1 is 1.44 bits per heavy atom. The van der Waals surface area contributed by atoms with Gasteiger partial charge in [0.05, 0.1) is 10.6 Å². The lowest BCUT2D eigenvalue weighted by atomic mass is 10.3. The average molecular weight is 234 g/mol. The predicted molar refractivity (Wildman–Crippen MR) is 67.7 cm³/mol. The molecule has 2 heterocycles. The minimum atomic E-state index is 0.600. The molecule has 2 aromatic heterocycles. The van der Waals surface area contributed by atoms with Gasteiger partial charge in [0.2, 0.25) is 5.95 Å². The molecule has 0 fully saturated rings. The minimum absolute atomic E-state index is 0.600. The van der Waals surface area contributed by atoms with Crippen LogP contribution in [0.1, 0.15) is 0 Å². The summed E-state index contributed by atoms with van der Waals surface area (Å²) >= 11 is 1.68. The summed E-state index contributed by atoms with van der Waals surface area (Å²) in [5.74, 6) is 0.719. The predicted octanol–water partition coefficient (Wildman–Crippen LogP) is 1.60. The Kier molecular flexibility index (Phi) is 3.48. The van der Waals surface area contributed by atoms with Crippen molar-refractivity contribution in [3.63, 3.8) is 0 Å². The van der Waals surface area contributed by atoms with Crippen molar-refractivity contribution >= 4 is 17.3 Å². The number of anilines is 1. The van der Waals surface area contributed by atoms with Crippen LogP contribution in [0.15, 0.2) is 29.8 Å². The van der Waals surface area contributed by atoms with Crippen molar-refractivity contribution in [3.8, 4) is 10.6 Å². The largest absolute Gasteiger partial charge is 0.343 e. The molecule has 4 nitrogen and oxygen atoms in total. The van der Waals surface area contributed by atoms with E-state index in [-0.39, 0.29) is 0 Å². The van der Waals surface area contributed by atoms with Crippen molar-refractivity contribution < 1.29 is 0 Å². The fourth-order valence-electron chi connectivity index (χ4n) is 1.39. The van der Waals surface area contributed by atoms with Crippen LogP contribution in [0.3, 0.4) is 0 Å². The molecule has 5 heteroatoms. The zero-order chi connectivity index (χ0) is 11.4. The highest BCUT2D eigenvalue weighted by Crippen LogP contribution is 2.23. The smallest absolute Gasteiger partial charge is 0.225 e. The van der Waals surface area contributed by atoms with Gasteiger partial charge in [-0.1, -0.05) is 6.07 Å². The van der Waals surface area contributed by atoms with Crippen LogP contribution in [0.5, 0.6) is 0 Å². The first-order valence-corrected chi connectivity index (χ1v) is 5.97. The molecule has 0 atom stereocenters. The van der Waals surface area contributed by atoms with Crippen molar-refractivity contribution in [3.05, 3.63) is 29.8 Å². The van der Waals surface area contributed by atoms with E-state index in [1.54, 1.807) is 17.5 Å². The first kappa shape index (κ1) is 11.0. The Bertz CT molecular complexity index is 441. The molecule has 0 radical (unpaired) electrons. The highest BCUT2D eigenvalue weighted by molar-refractivity contribution is 7.13. The molecule has 0 saturated heterocycles. The zero-order valence-corrected chi connectivity index (χ0v) is 9.94. The third kappa shape index (κ3) is 2.37. The van der Waals surface area contributed by atoms with E-state index in [9.17, 15) is 0 Å². The number of nitrogens with two attached hydrogens (primary N) is 1. The van der Waals surface area contributed by atoms with Gasteiger partial charge in [-0.25, -0.2) is 9.97 Å². The van der Waals surface area contributed by atoms with E-state index in [1.165, 1.54) is 0 Å². The van der Waals surface area contributed by atoms with E-state index < -0.39 is 0 Å². The summed E-state index contributed by atoms with van der Waals surface area (Å²) in [6, 6.07) is 6.00. The molecule has 0 aliphatic carbocycles. The van der Waals surface area contributed by atoms with Crippen LogP contribution < -0.4 is 10.6 Å². The number of rotatable bonds is 4. The van der Waals surface area contributed by atoms with Crippen LogP contribution in [0, 0.1) is 0 Å². The molecule has 0 spiro atoms. The average Bonchev–Trinajstić information content (AvgIpc) is 2.83. The van der Waals surface area contributed by atoms with Crippen molar-refractivity contribution in [2.45, 2.75) is 0 Å². The molecule has 0 aliphatic heterocycles. The van der Waals surface area contributed by atoms with E-state index in [2.05, 4.69) is 16.0 Å². The van der Waals surface area contributed by atoms with Gasteiger partial charge in [0.15, 0.2) is 0 Å². The van der Waals surface area contributed by atoms with Crippen molar-refractivity contribution in [1.82, 2.24) is 9.97 Å². The normalized spacial score (nSPS) is 10.4. The van der Waals surface area contributed by atoms with Crippen LogP contribution in [-0.2, 0) is 0 Å². The lowest BCUT2D eigenvalue weighted by molar-refractivity contribution is 0.847. The van der Waals surface area contributed by atoms with Crippen LogP contribution >= 0.6 is 11.3 Å². The van der Waals surface area contributed by atoms with Gasteiger partial charge in [-0.2, -0.15) is 0 Å². The monoisotopic (exact) mass is 234 g/mol. The van der Waals surface area contributed by atoms with E-state index in [1.807, 2.05) is 29.5 Å². The summed E-state index contributed by atoms with van der Waals surface area (Å²) in [5, 5.41) is 2.04. The molecule has 2 aromatic rings. The molecular formula is C11H14N4S. The minimum Gasteiger partial charge on any atom is -0.343 e. The maximum absolute atomic E-state index is 5.50. The van der Waals surface area contributed by atoms with Gasteiger partial charge in [-0.3, -0.25) is 0 Å². The second kappa shape index (κ2) is 5.05. The fourth-order valence-corrected chi connectivity index (χ4v) is 2.08. The van der Waals surface area contributed by atoms with Crippen LogP contribution in [0.4, 0.5) is 5.95 Å². The second-order valence-corrected chi connectivity index (χ2v) is 4.38. The van der Waals surface area contributed by atoms with Gasteiger partial charge >= 0.3 is 0 Å². The van der Waals surface area contributed by atoms with Crippen molar-refractivity contribution in [2.24, 2.45) is 5.73 Å². The summed E-state index contributed by atoms with van der Waals surface area (Å²) in [4.78, 5) is 11.8. The standard InChI is InChI=1S/C11H14N4S/c1-15(7-5-12)11-13-6-4-9(14-11)10-3-2-8-16-10/h2-4,6,8H,5,7,12H2,1H3. The molecule has 0 aromatic carbocycles. The highest BCUT2D eigenvalue weighted by Gasteiger charge is 2.06. The van der Waals surface area contributed by atoms with Crippen LogP contribution in [0.25, 0.3) is 10.6 Å². The number of aromatic nitrogens is 2. The second-order valence-electron chi connectivity index (χ2n) is 3.43. The highest BCUT2D eigenvalue weighted by atomic mass is 32.1. The van der Waals surface area contributed by atoms with Crippen LogP contribution in [0.2, 0.25) is 0 Å². The van der Waals surface area contributed by atoms with Gasteiger partial charge in [-0.05, 0) is 17.5 Å². The Morgan fingerprint density at radius 2 is 2.31 bits per heavy atom. The Labute approximate surface area is 98.8 Å². The van der Waals surface area contributed by atoms with E-state index in [4.69, 9.17) is 5.73 Å². The maximum atomic E-state index is 5.50. The number of nitrogens with zero attached hydrogens (tertiary/aromatic N) is 3. The fraction of sp³-hybridized carbons (Fsp3) is 0.273. The first-order chi connectivity index (χ1) is 7.81. The van der Waals surface area contributed by atoms with E-state index in [0.29, 0.717) is 6.54 Å². The van der Waals surface area contributed by atoms with Gasteiger partial charge in [0.25, 0.3) is 0 Å². The molecule has 2 N–H and O–H groups in total. The summed E-state index contributed by atoms with van der Waals surface area (Å²) in [6.07, 6.45) is 1.78. The topological polar surface area (TPSA) is 55.0 Å². The lowest BCUT2D eigenvalue weighted by Gasteiger charge is -2.15. The quantitative estimate of drug-likeness (QED) is 0.873. The third-order valence-corrected chi connectivity index (χ3v) is 3.11. The van der Waals surface area contributed by atoms with Gasteiger partial charge in [-0.15, -0.1) is 11.3 Å². The Morgan fingerprint density at radius 3 is 3.00 bits per heavy atom. The SMILES string of the molecule is CN(CCN)c1nccc(-c2cccs2)n1. The molecule has 16 heavy (non-hydrogen) atoms. The molecule has 84 valence electrons. The lowest BCUT2D eigenvalue weighted by Crippen LogP contribution is -2.26. The Hall–Kier alpha value is -1.46. The summed E-state index contributed by atoms with van der Waals surface area (Å²) < 4.78 is 0. The number of likely N-dealkylation sites (N-methyl/N-ethyl adjacent to an activating group) is 1. The zero-order valence-electron chi connectivity index (χ0n) is 9.13. The van der Waals surface area contributed by atoms with Crippen molar-refractivity contribution in [1.29, 1.82) is 0 Å². The van der Waals surface area contributed by atoms with Gasteiger partial charge in [0, 0.05) is 26.3 Å². The number of hydrogen-bond acceptors (Lipinski definition) is 5. The molecule has 2 rings (SSSR count). The maximum Gasteiger partial charge on any atom is 0.225 e. The van der Waals surface area contributed by atoms with Gasteiger partial charge in [0.1, 0.15) is 0 Å². The number of hydrogen-bond donors (Lipinski definition) is 1. The first-order valence-electron chi connectivity index (χ1n) is 5.09. The number of thiophene rings is 1. The summed E-state index contributed by atoms with van der Waals surface area (Å²) in [6.45, 7) is 1.36. The van der Waals surface area contributed by atoms with Gasteiger partial charge < -0.3 is 10.6 Å². The Balaban J connectivity index is 2.26. The molecular weight excluding hydrogens is 220 g/mol. The molecule has 0 unspecified atom stereocenters. The molecule has 0 aliphatic rings. The molecule has 0 amide bonds. The van der Waals surface area contributed by atoms with Crippen LogP contribution in [-0.4, -0.2) is 30.1 Å². The van der Waals surface area contributed by atoms with E-state index >= 15 is 0 Å². The van der Waals surface area contributed by atoms with E-state index in [0.717, 1.165) is 23.1 Å². The molecule has 0 saturated carbocycles. The summed E-state index contributed by atoms with van der Waals surface area (Å²) in [5.41, 5.74) is 6.47. The van der Waals surface area contributed by atoms with Crippen molar-refractivity contribution in [2.75, 3.05) is 25.0 Å². The third-order valence-electron chi connectivity index (χ3n) is 2.22. The molecule has 0 bridgehead atoms.